The van der Waals surface area contributed by atoms with Crippen LogP contribution in [0.3, 0.4) is 0 Å². The summed E-state index contributed by atoms with van der Waals surface area (Å²) in [7, 11) is -4.14. The molecule has 0 radical (unpaired) electrons. The van der Waals surface area contributed by atoms with Crippen molar-refractivity contribution in [2.75, 3.05) is 13.1 Å². The van der Waals surface area contributed by atoms with E-state index in [0.717, 1.165) is 21.1 Å². The van der Waals surface area contributed by atoms with Gasteiger partial charge < -0.3 is 15.3 Å². The molecule has 2 heterocycles. The summed E-state index contributed by atoms with van der Waals surface area (Å²) in [6.45, 7) is 0.176. The Labute approximate surface area is 195 Å². The van der Waals surface area contributed by atoms with E-state index in [-0.39, 0.29) is 29.1 Å². The van der Waals surface area contributed by atoms with Crippen molar-refractivity contribution >= 4 is 32.7 Å². The van der Waals surface area contributed by atoms with Gasteiger partial charge in [-0.25, -0.2) is 22.4 Å². The first kappa shape index (κ1) is 22.5. The molecule has 3 aromatic rings. The smallest absolute Gasteiger partial charge is 0.335 e. The zero-order chi connectivity index (χ0) is 24.2. The van der Waals surface area contributed by atoms with Crippen LogP contribution in [-0.2, 0) is 10.0 Å². The Morgan fingerprint density at radius 3 is 2.15 bits per heavy atom. The molecule has 10 heteroatoms. The van der Waals surface area contributed by atoms with Gasteiger partial charge >= 0.3 is 5.97 Å². The second-order valence-corrected chi connectivity index (χ2v) is 10.2. The number of fused-ring (bicyclic) bond motifs is 1. The fourth-order valence-electron chi connectivity index (χ4n) is 4.74. The number of carboxylic acids is 1. The van der Waals surface area contributed by atoms with Crippen molar-refractivity contribution in [2.24, 2.45) is 0 Å². The average Bonchev–Trinajstić information content (AvgIpc) is 3.01. The Hall–Kier alpha value is -3.31. The molecule has 34 heavy (non-hydrogen) atoms. The van der Waals surface area contributed by atoms with Gasteiger partial charge in [0.2, 0.25) is 0 Å². The van der Waals surface area contributed by atoms with Gasteiger partial charge in [-0.3, -0.25) is 4.79 Å². The molecule has 9 nitrogen and oxygen atoms in total. The fourth-order valence-corrected chi connectivity index (χ4v) is 6.38. The summed E-state index contributed by atoms with van der Waals surface area (Å²) < 4.78 is 26.4. The number of hydrogen-bond donors (Lipinski definition) is 3. The molecule has 3 aromatic carbocycles. The molecule has 0 spiro atoms. The molecule has 2 aliphatic heterocycles. The van der Waals surface area contributed by atoms with Gasteiger partial charge in [-0.2, -0.15) is 0 Å². The number of hydrogen-bond acceptors (Lipinski definition) is 7. The number of aliphatic hydroxyl groups excluding tert-OH is 2. The van der Waals surface area contributed by atoms with Crippen molar-refractivity contribution in [1.82, 2.24) is 9.21 Å². The topological polar surface area (TPSA) is 135 Å². The van der Waals surface area contributed by atoms with E-state index >= 15 is 0 Å². The van der Waals surface area contributed by atoms with E-state index in [1.165, 1.54) is 17.0 Å². The molecule has 176 valence electrons. The lowest BCUT2D eigenvalue weighted by Gasteiger charge is -2.38. The van der Waals surface area contributed by atoms with Gasteiger partial charge in [-0.15, -0.1) is 0 Å². The van der Waals surface area contributed by atoms with Crippen molar-refractivity contribution in [3.05, 3.63) is 76.9 Å². The predicted octanol–water partition coefficient (Wildman–Crippen LogP) is 2.46. The largest absolute Gasteiger partial charge is 0.478 e. The highest BCUT2D eigenvalue weighted by molar-refractivity contribution is 7.90. The highest BCUT2D eigenvalue weighted by atomic mass is 32.2. The van der Waals surface area contributed by atoms with E-state index < -0.39 is 34.4 Å². The second-order valence-electron chi connectivity index (χ2n) is 8.38. The number of nitrogens with zero attached hydrogens (tertiary/aromatic N) is 2. The Bertz CT molecular complexity index is 1390. The van der Waals surface area contributed by atoms with Gasteiger partial charge in [-0.05, 0) is 41.8 Å². The number of aromatic carboxylic acids is 1. The van der Waals surface area contributed by atoms with Crippen LogP contribution in [0.15, 0.2) is 59.5 Å². The van der Waals surface area contributed by atoms with E-state index in [1.807, 2.05) is 36.4 Å². The molecule has 0 saturated heterocycles. The molecule has 5 rings (SSSR count). The van der Waals surface area contributed by atoms with Crippen LogP contribution >= 0.6 is 0 Å². The van der Waals surface area contributed by atoms with Gasteiger partial charge in [0.1, 0.15) is 17.4 Å². The monoisotopic (exact) mass is 482 g/mol. The van der Waals surface area contributed by atoms with Crippen LogP contribution in [0, 0.1) is 0 Å². The van der Waals surface area contributed by atoms with Crippen LogP contribution < -0.4 is 0 Å². The molecule has 0 aliphatic carbocycles. The molecule has 2 unspecified atom stereocenters. The molecule has 0 bridgehead atoms. The Balaban J connectivity index is 1.28. The third-order valence-corrected chi connectivity index (χ3v) is 8.26. The lowest BCUT2D eigenvalue weighted by Crippen LogP contribution is -2.37. The maximum atomic E-state index is 12.8. The van der Waals surface area contributed by atoms with Crippen molar-refractivity contribution in [3.63, 3.8) is 0 Å². The minimum absolute atomic E-state index is 0.0448. The zero-order valence-corrected chi connectivity index (χ0v) is 18.8. The first-order valence-electron chi connectivity index (χ1n) is 10.8. The molecule has 0 aromatic heterocycles. The lowest BCUT2D eigenvalue weighted by molar-refractivity contribution is -0.111. The number of amides is 1. The van der Waals surface area contributed by atoms with Gasteiger partial charge in [-0.1, -0.05) is 36.4 Å². The highest BCUT2D eigenvalue weighted by Crippen LogP contribution is 2.41. The number of sulfonamides is 1. The number of aliphatic hydroxyl groups is 2. The summed E-state index contributed by atoms with van der Waals surface area (Å²) in [5, 5.41) is 32.7. The van der Waals surface area contributed by atoms with Gasteiger partial charge in [0.15, 0.2) is 0 Å². The molecule has 2 aliphatic rings. The number of carbonyl (C=O) groups excluding carboxylic acids is 1. The average molecular weight is 483 g/mol. The molecule has 0 fully saturated rings. The third kappa shape index (κ3) is 3.38. The Morgan fingerprint density at radius 2 is 1.53 bits per heavy atom. The quantitative estimate of drug-likeness (QED) is 0.456. The fraction of sp³-hybridized carbons (Fsp3) is 0.250. The standard InChI is InChI=1S/C24H22N2O7S/c27-21-17-7-3-5-14-6-4-8-18(20(14)17)22(28)25(21)11-1-2-12-26-23(29)16-10-9-15(24(30)31)13-19(16)34(26,32)33/h3-10,13,21-22,27-28H,1-2,11-12H2,(H,30,31). The van der Waals surface area contributed by atoms with E-state index in [0.29, 0.717) is 24.0 Å². The van der Waals surface area contributed by atoms with Crippen molar-refractivity contribution < 1.29 is 33.3 Å². The summed E-state index contributed by atoms with van der Waals surface area (Å²) in [6.07, 6.45) is -1.34. The maximum Gasteiger partial charge on any atom is 0.335 e. The normalized spacial score (nSPS) is 21.1. The summed E-state index contributed by atoms with van der Waals surface area (Å²) in [4.78, 5) is 25.1. The first-order chi connectivity index (χ1) is 16.2. The SMILES string of the molecule is O=C(O)c1ccc2c(c1)S(=O)(=O)N(CCCCN1C(O)c3cccc4cccc(c34)C1O)C2=O. The van der Waals surface area contributed by atoms with E-state index in [9.17, 15) is 28.2 Å². The summed E-state index contributed by atoms with van der Waals surface area (Å²) >= 11 is 0. The van der Waals surface area contributed by atoms with Gasteiger partial charge in [0.05, 0.1) is 11.1 Å². The molecular formula is C24H22N2O7S. The van der Waals surface area contributed by atoms with Crippen LogP contribution in [-0.4, -0.2) is 57.9 Å². The Morgan fingerprint density at radius 1 is 0.912 bits per heavy atom. The molecule has 1 amide bonds. The zero-order valence-electron chi connectivity index (χ0n) is 18.0. The maximum absolute atomic E-state index is 12.8. The number of unbranched alkanes of at least 4 members (excludes halogenated alkanes) is 1. The van der Waals surface area contributed by atoms with Gasteiger partial charge in [0.25, 0.3) is 15.9 Å². The molecular weight excluding hydrogens is 460 g/mol. The summed E-state index contributed by atoms with van der Waals surface area (Å²) in [5.41, 5.74) is 1.14. The van der Waals surface area contributed by atoms with Crippen molar-refractivity contribution in [2.45, 2.75) is 30.2 Å². The predicted molar refractivity (Wildman–Crippen MR) is 121 cm³/mol. The summed E-state index contributed by atoms with van der Waals surface area (Å²) in [6, 6.07) is 14.6. The summed E-state index contributed by atoms with van der Waals surface area (Å²) in [5.74, 6) is -1.97. The van der Waals surface area contributed by atoms with Crippen molar-refractivity contribution in [1.29, 1.82) is 0 Å². The number of carbonyl (C=O) groups is 2. The van der Waals surface area contributed by atoms with E-state index in [1.54, 1.807) is 0 Å². The number of benzene rings is 3. The lowest BCUT2D eigenvalue weighted by atomic mass is 9.92. The van der Waals surface area contributed by atoms with E-state index in [2.05, 4.69) is 0 Å². The van der Waals surface area contributed by atoms with Crippen LogP contribution in [0.1, 0.15) is 57.1 Å². The number of rotatable bonds is 6. The van der Waals surface area contributed by atoms with Crippen LogP contribution in [0.2, 0.25) is 0 Å². The van der Waals surface area contributed by atoms with Crippen LogP contribution in [0.5, 0.6) is 0 Å². The third-order valence-electron chi connectivity index (χ3n) is 6.43. The molecule has 3 N–H and O–H groups in total. The molecule has 0 saturated carbocycles. The number of carboxylic acid groups (broad SMARTS) is 1. The van der Waals surface area contributed by atoms with Crippen molar-refractivity contribution in [3.8, 4) is 0 Å². The van der Waals surface area contributed by atoms with Gasteiger partial charge in [0, 0.05) is 24.2 Å². The molecule has 2 atom stereocenters. The Kier molecular flexibility index (Phi) is 5.40. The van der Waals surface area contributed by atoms with E-state index in [4.69, 9.17) is 5.11 Å². The minimum Gasteiger partial charge on any atom is -0.478 e. The highest BCUT2D eigenvalue weighted by Gasteiger charge is 2.41. The first-order valence-corrected chi connectivity index (χ1v) is 12.2. The van der Waals surface area contributed by atoms with Crippen LogP contribution in [0.25, 0.3) is 10.8 Å². The van der Waals surface area contributed by atoms with Crippen LogP contribution in [0.4, 0.5) is 0 Å². The minimum atomic E-state index is -4.14. The second kappa shape index (κ2) is 8.17.